The largest absolute Gasteiger partial charge is 0.494 e. The van der Waals surface area contributed by atoms with Crippen LogP contribution in [0.2, 0.25) is 0 Å². The average molecular weight is 463 g/mol. The quantitative estimate of drug-likeness (QED) is 0.416. The first-order valence-corrected chi connectivity index (χ1v) is 12.3. The normalized spacial score (nSPS) is 15.4. The van der Waals surface area contributed by atoms with E-state index >= 15 is 0 Å². The summed E-state index contributed by atoms with van der Waals surface area (Å²) in [5.74, 6) is 0.678. The van der Waals surface area contributed by atoms with Crippen molar-refractivity contribution < 1.29 is 13.9 Å². The molecule has 1 aliphatic rings. The van der Waals surface area contributed by atoms with E-state index in [0.717, 1.165) is 49.4 Å². The zero-order valence-electron chi connectivity index (χ0n) is 20.6. The minimum atomic E-state index is -0.495. The van der Waals surface area contributed by atoms with E-state index < -0.39 is 6.04 Å². The van der Waals surface area contributed by atoms with Crippen LogP contribution >= 0.6 is 0 Å². The second-order valence-electron chi connectivity index (χ2n) is 8.88. The lowest BCUT2D eigenvalue weighted by Crippen LogP contribution is -2.33. The lowest BCUT2D eigenvalue weighted by molar-refractivity contribution is 0.0720. The Morgan fingerprint density at radius 3 is 2.59 bits per heavy atom. The number of carbonyl (C=O) groups excluding carboxylic acids is 1. The molecule has 180 valence electrons. The van der Waals surface area contributed by atoms with Crippen molar-refractivity contribution in [1.82, 2.24) is 9.80 Å². The molecular weight excluding hydrogens is 428 g/mol. The van der Waals surface area contributed by atoms with Gasteiger partial charge in [-0.1, -0.05) is 44.5 Å². The Labute approximate surface area is 201 Å². The van der Waals surface area contributed by atoms with Gasteiger partial charge in [0.05, 0.1) is 23.6 Å². The third-order valence-corrected chi connectivity index (χ3v) is 6.54. The molecule has 1 amide bonds. The molecule has 1 aromatic heterocycles. The van der Waals surface area contributed by atoms with Crippen molar-refractivity contribution in [2.75, 3.05) is 32.8 Å². The van der Waals surface area contributed by atoms with Crippen molar-refractivity contribution in [2.24, 2.45) is 0 Å². The molecule has 0 spiro atoms. The molecule has 0 bridgehead atoms. The van der Waals surface area contributed by atoms with Crippen molar-refractivity contribution in [1.29, 1.82) is 0 Å². The monoisotopic (exact) mass is 462 g/mol. The van der Waals surface area contributed by atoms with Crippen LogP contribution in [-0.2, 0) is 0 Å². The number of ether oxygens (including phenoxy) is 1. The Morgan fingerprint density at radius 2 is 1.85 bits per heavy atom. The molecule has 6 heteroatoms. The van der Waals surface area contributed by atoms with Gasteiger partial charge in [-0.25, -0.2) is 0 Å². The molecule has 0 N–H and O–H groups in total. The van der Waals surface area contributed by atoms with Gasteiger partial charge in [-0.2, -0.15) is 0 Å². The topological polar surface area (TPSA) is 63.0 Å². The van der Waals surface area contributed by atoms with Crippen LogP contribution < -0.4 is 10.2 Å². The van der Waals surface area contributed by atoms with Crippen LogP contribution in [0.4, 0.5) is 0 Å². The summed E-state index contributed by atoms with van der Waals surface area (Å²) in [5.41, 5.74) is 2.59. The predicted molar refractivity (Wildman–Crippen MR) is 135 cm³/mol. The third-order valence-electron chi connectivity index (χ3n) is 6.54. The van der Waals surface area contributed by atoms with Crippen LogP contribution in [-0.4, -0.2) is 48.5 Å². The summed E-state index contributed by atoms with van der Waals surface area (Å²) in [7, 11) is 0. The van der Waals surface area contributed by atoms with Crippen LogP contribution in [0.5, 0.6) is 5.75 Å². The van der Waals surface area contributed by atoms with Crippen molar-refractivity contribution in [2.45, 2.75) is 46.6 Å². The first-order chi connectivity index (χ1) is 16.5. The third kappa shape index (κ3) is 4.60. The minimum absolute atomic E-state index is 0.135. The van der Waals surface area contributed by atoms with E-state index in [2.05, 4.69) is 25.7 Å². The second-order valence-corrected chi connectivity index (χ2v) is 8.88. The van der Waals surface area contributed by atoms with Gasteiger partial charge in [-0.3, -0.25) is 9.59 Å². The maximum absolute atomic E-state index is 13.7. The second kappa shape index (κ2) is 10.4. The number of carbonyl (C=O) groups is 1. The highest BCUT2D eigenvalue weighted by Gasteiger charge is 2.42. The minimum Gasteiger partial charge on any atom is -0.494 e. The molecule has 2 aromatic carbocycles. The van der Waals surface area contributed by atoms with Crippen molar-refractivity contribution in [3.05, 3.63) is 75.1 Å². The number of fused-ring (bicyclic) bond motifs is 2. The molecule has 0 fully saturated rings. The number of nitrogens with zero attached hydrogens (tertiary/aromatic N) is 2. The number of hydrogen-bond donors (Lipinski definition) is 0. The van der Waals surface area contributed by atoms with E-state index in [1.165, 1.54) is 0 Å². The molecule has 2 heterocycles. The van der Waals surface area contributed by atoms with E-state index in [1.54, 1.807) is 11.0 Å². The fourth-order valence-electron chi connectivity index (χ4n) is 4.71. The maximum Gasteiger partial charge on any atom is 0.290 e. The van der Waals surface area contributed by atoms with Crippen LogP contribution in [0.3, 0.4) is 0 Å². The molecule has 34 heavy (non-hydrogen) atoms. The van der Waals surface area contributed by atoms with Gasteiger partial charge < -0.3 is 19.0 Å². The standard InChI is InChI=1S/C28H34N2O4/c1-5-16-33-21-11-8-10-20(18-21)25-24-26(31)22-17-19(4)12-13-23(22)34-27(24)28(32)30(25)15-9-14-29(6-2)7-3/h8,10-13,17-18,25H,5-7,9,14-16H2,1-4H3/t25-/m1/s1. The Hall–Kier alpha value is -3.12. The lowest BCUT2D eigenvalue weighted by Gasteiger charge is -2.27. The van der Waals surface area contributed by atoms with Gasteiger partial charge in [-0.15, -0.1) is 0 Å². The number of hydrogen-bond acceptors (Lipinski definition) is 5. The summed E-state index contributed by atoms with van der Waals surface area (Å²) in [6.07, 6.45) is 1.72. The molecule has 0 saturated heterocycles. The summed E-state index contributed by atoms with van der Waals surface area (Å²) in [6.45, 7) is 12.3. The molecule has 0 radical (unpaired) electrons. The summed E-state index contributed by atoms with van der Waals surface area (Å²) in [5, 5.41) is 0.514. The SMILES string of the molecule is CCCOc1cccc([C@@H]2c3c(oc4ccc(C)cc4c3=O)C(=O)N2CCCN(CC)CC)c1. The molecule has 6 nitrogen and oxygen atoms in total. The molecule has 3 aromatic rings. The van der Waals surface area contributed by atoms with Gasteiger partial charge >= 0.3 is 0 Å². The van der Waals surface area contributed by atoms with Crippen LogP contribution in [0.1, 0.15) is 66.9 Å². The van der Waals surface area contributed by atoms with Crippen LogP contribution in [0.25, 0.3) is 11.0 Å². The maximum atomic E-state index is 13.7. The van der Waals surface area contributed by atoms with Gasteiger partial charge in [0.2, 0.25) is 5.76 Å². The smallest absolute Gasteiger partial charge is 0.290 e. The molecule has 0 saturated carbocycles. The fraction of sp³-hybridized carbons (Fsp3) is 0.429. The lowest BCUT2D eigenvalue weighted by atomic mass is 9.98. The van der Waals surface area contributed by atoms with Crippen LogP contribution in [0.15, 0.2) is 51.7 Å². The van der Waals surface area contributed by atoms with E-state index in [4.69, 9.17) is 9.15 Å². The van der Waals surface area contributed by atoms with Crippen LogP contribution in [0, 0.1) is 6.92 Å². The van der Waals surface area contributed by atoms with Gasteiger partial charge in [0.1, 0.15) is 11.3 Å². The van der Waals surface area contributed by atoms with Gasteiger partial charge in [0.15, 0.2) is 5.43 Å². The van der Waals surface area contributed by atoms with Crippen molar-refractivity contribution in [3.63, 3.8) is 0 Å². The van der Waals surface area contributed by atoms with E-state index in [0.29, 0.717) is 29.7 Å². The number of benzene rings is 2. The highest BCUT2D eigenvalue weighted by atomic mass is 16.5. The fourth-order valence-corrected chi connectivity index (χ4v) is 4.71. The Balaban J connectivity index is 1.79. The van der Waals surface area contributed by atoms with E-state index in [-0.39, 0.29) is 17.1 Å². The Kier molecular flexibility index (Phi) is 7.37. The Morgan fingerprint density at radius 1 is 1.06 bits per heavy atom. The molecule has 1 aliphatic heterocycles. The molecule has 1 atom stereocenters. The zero-order chi connectivity index (χ0) is 24.2. The first-order valence-electron chi connectivity index (χ1n) is 12.3. The molecule has 0 unspecified atom stereocenters. The highest BCUT2D eigenvalue weighted by molar-refractivity contribution is 5.99. The summed E-state index contributed by atoms with van der Waals surface area (Å²) in [4.78, 5) is 31.4. The summed E-state index contributed by atoms with van der Waals surface area (Å²) in [6, 6.07) is 12.8. The Bertz CT molecular complexity index is 1230. The van der Waals surface area contributed by atoms with Gasteiger partial charge in [-0.05, 0) is 69.2 Å². The number of amides is 1. The van der Waals surface area contributed by atoms with E-state index in [1.807, 2.05) is 43.3 Å². The zero-order valence-corrected chi connectivity index (χ0v) is 20.6. The first kappa shape index (κ1) is 24.0. The summed E-state index contributed by atoms with van der Waals surface area (Å²) < 4.78 is 11.9. The van der Waals surface area contributed by atoms with Gasteiger partial charge in [0, 0.05) is 6.54 Å². The van der Waals surface area contributed by atoms with Crippen molar-refractivity contribution >= 4 is 16.9 Å². The predicted octanol–water partition coefficient (Wildman–Crippen LogP) is 5.17. The van der Waals surface area contributed by atoms with Crippen molar-refractivity contribution in [3.8, 4) is 5.75 Å². The molecule has 0 aliphatic carbocycles. The number of aryl methyl sites for hydroxylation is 1. The molecular formula is C28H34N2O4. The number of rotatable bonds is 10. The highest BCUT2D eigenvalue weighted by Crippen LogP contribution is 2.39. The van der Waals surface area contributed by atoms with E-state index in [9.17, 15) is 9.59 Å². The average Bonchev–Trinajstić information content (AvgIpc) is 3.13. The molecule has 4 rings (SSSR count). The van der Waals surface area contributed by atoms with Gasteiger partial charge in [0.25, 0.3) is 5.91 Å². The summed E-state index contributed by atoms with van der Waals surface area (Å²) >= 11 is 0.